The van der Waals surface area contributed by atoms with Crippen molar-refractivity contribution in [1.29, 1.82) is 0 Å². The molecule has 3 rings (SSSR count). The molecule has 0 unspecified atom stereocenters. The van der Waals surface area contributed by atoms with Gasteiger partial charge in [-0.05, 0) is 31.0 Å². The summed E-state index contributed by atoms with van der Waals surface area (Å²) < 4.78 is 27.0. The molecule has 0 spiro atoms. The van der Waals surface area contributed by atoms with Gasteiger partial charge in [0, 0.05) is 18.9 Å². The molecule has 0 aliphatic carbocycles. The van der Waals surface area contributed by atoms with Crippen LogP contribution in [0.2, 0.25) is 0 Å². The highest BCUT2D eigenvalue weighted by atomic mass is 32.2. The Balaban J connectivity index is 1.66. The van der Waals surface area contributed by atoms with Gasteiger partial charge in [-0.25, -0.2) is 13.2 Å². The summed E-state index contributed by atoms with van der Waals surface area (Å²) in [7, 11) is -4.00. The van der Waals surface area contributed by atoms with E-state index >= 15 is 0 Å². The van der Waals surface area contributed by atoms with Gasteiger partial charge >= 0.3 is 5.69 Å². The molecule has 1 N–H and O–H groups in total. The van der Waals surface area contributed by atoms with Crippen molar-refractivity contribution >= 4 is 15.9 Å². The van der Waals surface area contributed by atoms with Gasteiger partial charge in [0.05, 0.1) is 4.90 Å². The van der Waals surface area contributed by atoms with Crippen LogP contribution in [0.5, 0.6) is 0 Å². The zero-order chi connectivity index (χ0) is 20.1. The lowest BCUT2D eigenvalue weighted by atomic mass is 10.1. The molecule has 0 aliphatic rings. The van der Waals surface area contributed by atoms with Crippen molar-refractivity contribution in [2.24, 2.45) is 0 Å². The lowest BCUT2D eigenvalue weighted by Gasteiger charge is -2.06. The minimum absolute atomic E-state index is 0.0188. The fraction of sp³-hybridized carbons (Fsp3) is 0.200. The van der Waals surface area contributed by atoms with Gasteiger partial charge in [0.25, 0.3) is 10.0 Å². The number of nitrogens with one attached hydrogen (secondary N) is 1. The molecule has 3 aromatic rings. The molecular weight excluding hydrogens is 378 g/mol. The maximum absolute atomic E-state index is 12.6. The van der Waals surface area contributed by atoms with Gasteiger partial charge in [-0.2, -0.15) is 3.97 Å². The standard InChI is InChI=1S/C20H21N3O4S/c1-16-7-9-18(10-8-16)28(26,27)23-14-13-22(20(23)25)15-19(24)21-12-11-17-5-3-2-4-6-17/h2-10,13-14H,11-12,15H2,1H3,(H,21,24). The molecule has 0 saturated carbocycles. The van der Waals surface area contributed by atoms with E-state index in [-0.39, 0.29) is 17.3 Å². The summed E-state index contributed by atoms with van der Waals surface area (Å²) in [5, 5.41) is 2.74. The van der Waals surface area contributed by atoms with E-state index in [9.17, 15) is 18.0 Å². The normalized spacial score (nSPS) is 11.3. The molecule has 1 amide bonds. The fourth-order valence-electron chi connectivity index (χ4n) is 2.72. The fourth-order valence-corrected chi connectivity index (χ4v) is 3.96. The van der Waals surface area contributed by atoms with E-state index in [4.69, 9.17) is 0 Å². The van der Waals surface area contributed by atoms with E-state index in [2.05, 4.69) is 5.32 Å². The highest BCUT2D eigenvalue weighted by Crippen LogP contribution is 2.12. The summed E-state index contributed by atoms with van der Waals surface area (Å²) in [6, 6.07) is 15.9. The summed E-state index contributed by atoms with van der Waals surface area (Å²) in [6.45, 7) is 2.03. The number of carbonyl (C=O) groups excluding carboxylic acids is 1. The van der Waals surface area contributed by atoms with E-state index < -0.39 is 15.7 Å². The molecular formula is C20H21N3O4S. The number of amides is 1. The summed E-state index contributed by atoms with van der Waals surface area (Å²) >= 11 is 0. The third-order valence-electron chi connectivity index (χ3n) is 4.29. The predicted molar refractivity (Wildman–Crippen MR) is 106 cm³/mol. The van der Waals surface area contributed by atoms with E-state index in [1.54, 1.807) is 12.1 Å². The summed E-state index contributed by atoms with van der Waals surface area (Å²) in [6.07, 6.45) is 3.13. The zero-order valence-electron chi connectivity index (χ0n) is 15.4. The average molecular weight is 399 g/mol. The van der Waals surface area contributed by atoms with E-state index in [0.29, 0.717) is 16.9 Å². The Labute approximate surface area is 163 Å². The van der Waals surface area contributed by atoms with Crippen LogP contribution in [0.1, 0.15) is 11.1 Å². The number of aromatic nitrogens is 2. The Morgan fingerprint density at radius 2 is 1.68 bits per heavy atom. The minimum atomic E-state index is -4.00. The Kier molecular flexibility index (Phi) is 5.79. The number of rotatable bonds is 7. The number of nitrogens with zero attached hydrogens (tertiary/aromatic N) is 2. The van der Waals surface area contributed by atoms with E-state index in [0.717, 1.165) is 21.9 Å². The van der Waals surface area contributed by atoms with Crippen LogP contribution in [0.25, 0.3) is 0 Å². The van der Waals surface area contributed by atoms with Crippen molar-refractivity contribution < 1.29 is 13.2 Å². The number of aryl methyl sites for hydroxylation is 1. The molecule has 0 radical (unpaired) electrons. The highest BCUT2D eigenvalue weighted by Gasteiger charge is 2.20. The molecule has 0 aliphatic heterocycles. The maximum atomic E-state index is 12.6. The van der Waals surface area contributed by atoms with Gasteiger partial charge in [0.2, 0.25) is 5.91 Å². The molecule has 0 atom stereocenters. The molecule has 8 heteroatoms. The molecule has 1 heterocycles. The van der Waals surface area contributed by atoms with Crippen LogP contribution < -0.4 is 11.0 Å². The Morgan fingerprint density at radius 3 is 2.36 bits per heavy atom. The molecule has 28 heavy (non-hydrogen) atoms. The van der Waals surface area contributed by atoms with Gasteiger partial charge < -0.3 is 5.32 Å². The maximum Gasteiger partial charge on any atom is 0.342 e. The first kappa shape index (κ1) is 19.6. The van der Waals surface area contributed by atoms with Gasteiger partial charge in [-0.1, -0.05) is 48.0 Å². The number of hydrogen-bond acceptors (Lipinski definition) is 4. The van der Waals surface area contributed by atoms with Gasteiger partial charge in [-0.15, -0.1) is 0 Å². The molecule has 0 saturated heterocycles. The first-order valence-electron chi connectivity index (χ1n) is 8.78. The van der Waals surface area contributed by atoms with Crippen molar-refractivity contribution in [1.82, 2.24) is 13.9 Å². The largest absolute Gasteiger partial charge is 0.354 e. The summed E-state index contributed by atoms with van der Waals surface area (Å²) in [4.78, 5) is 24.6. The second-order valence-corrected chi connectivity index (χ2v) is 8.22. The number of carbonyl (C=O) groups is 1. The third-order valence-corrected chi connectivity index (χ3v) is 5.95. The molecule has 0 fully saturated rings. The van der Waals surface area contributed by atoms with Crippen LogP contribution >= 0.6 is 0 Å². The van der Waals surface area contributed by atoms with Crippen molar-refractivity contribution in [3.8, 4) is 0 Å². The molecule has 2 aromatic carbocycles. The van der Waals surface area contributed by atoms with Crippen LogP contribution in [0.4, 0.5) is 0 Å². The Hall–Kier alpha value is -3.13. The van der Waals surface area contributed by atoms with Crippen LogP contribution in [0, 0.1) is 6.92 Å². The molecule has 146 valence electrons. The van der Waals surface area contributed by atoms with Gasteiger partial charge in [-0.3, -0.25) is 9.36 Å². The predicted octanol–water partition coefficient (Wildman–Crippen LogP) is 1.55. The Morgan fingerprint density at radius 1 is 1.00 bits per heavy atom. The molecule has 0 bridgehead atoms. The van der Waals surface area contributed by atoms with Crippen molar-refractivity contribution in [2.45, 2.75) is 24.8 Å². The van der Waals surface area contributed by atoms with Crippen LogP contribution in [0.3, 0.4) is 0 Å². The lowest BCUT2D eigenvalue weighted by molar-refractivity contribution is -0.121. The number of hydrogen-bond donors (Lipinski definition) is 1. The first-order chi connectivity index (χ1) is 13.4. The second-order valence-electron chi connectivity index (χ2n) is 6.41. The topological polar surface area (TPSA) is 90.2 Å². The second kappa shape index (κ2) is 8.26. The van der Waals surface area contributed by atoms with Gasteiger partial charge in [0.15, 0.2) is 0 Å². The number of imidazole rings is 1. The van der Waals surface area contributed by atoms with Gasteiger partial charge in [0.1, 0.15) is 6.54 Å². The van der Waals surface area contributed by atoms with Crippen LogP contribution in [-0.2, 0) is 27.8 Å². The van der Waals surface area contributed by atoms with E-state index in [1.807, 2.05) is 37.3 Å². The summed E-state index contributed by atoms with van der Waals surface area (Å²) in [5.41, 5.74) is 1.23. The third kappa shape index (κ3) is 4.40. The Bertz CT molecular complexity index is 1110. The minimum Gasteiger partial charge on any atom is -0.354 e. The highest BCUT2D eigenvalue weighted by molar-refractivity contribution is 7.90. The number of benzene rings is 2. The summed E-state index contributed by atoms with van der Waals surface area (Å²) in [5.74, 6) is -0.358. The zero-order valence-corrected chi connectivity index (χ0v) is 16.2. The van der Waals surface area contributed by atoms with Crippen molar-refractivity contribution in [3.05, 3.63) is 88.6 Å². The van der Waals surface area contributed by atoms with E-state index in [1.165, 1.54) is 18.3 Å². The van der Waals surface area contributed by atoms with Crippen molar-refractivity contribution in [2.75, 3.05) is 6.54 Å². The molecule has 7 nitrogen and oxygen atoms in total. The SMILES string of the molecule is Cc1ccc(S(=O)(=O)n2ccn(CC(=O)NCCc3ccccc3)c2=O)cc1. The van der Waals surface area contributed by atoms with Crippen LogP contribution in [-0.4, -0.2) is 29.4 Å². The smallest absolute Gasteiger partial charge is 0.342 e. The van der Waals surface area contributed by atoms with Crippen LogP contribution in [0.15, 0.2) is 76.7 Å². The molecule has 1 aromatic heterocycles. The monoisotopic (exact) mass is 399 g/mol. The lowest BCUT2D eigenvalue weighted by Crippen LogP contribution is -2.35. The van der Waals surface area contributed by atoms with Crippen molar-refractivity contribution in [3.63, 3.8) is 0 Å². The average Bonchev–Trinajstić information content (AvgIpc) is 3.04. The quantitative estimate of drug-likeness (QED) is 0.653. The first-order valence-corrected chi connectivity index (χ1v) is 10.2.